The molecule has 0 fully saturated rings. The fraction of sp³-hybridized carbons (Fsp3) is 0.0667. The maximum atomic E-state index is 13.9. The predicted octanol–water partition coefficient (Wildman–Crippen LogP) is 17.1. The van der Waals surface area contributed by atoms with Gasteiger partial charge in [-0.2, -0.15) is 0 Å². The Morgan fingerprint density at radius 3 is 0.887 bits per heavy atom. The topological polar surface area (TPSA) is 155 Å². The molecule has 0 saturated carbocycles. The molecule has 4 aromatic heterocycles. The summed E-state index contributed by atoms with van der Waals surface area (Å²) in [5.41, 5.74) is 22.3. The molecule has 12 aromatic rings. The van der Waals surface area contributed by atoms with Crippen LogP contribution in [0.4, 0.5) is 17.6 Å². The second kappa shape index (κ2) is 26.4. The van der Waals surface area contributed by atoms with Crippen molar-refractivity contribution in [2.75, 3.05) is 0 Å². The zero-order valence-corrected chi connectivity index (χ0v) is 47.7. The van der Waals surface area contributed by atoms with Crippen molar-refractivity contribution < 1.29 is 17.6 Å². The Labute approximate surface area is 492 Å². The minimum atomic E-state index is -0.410. The lowest BCUT2D eigenvalue weighted by molar-refractivity contribution is 0.635. The average Bonchev–Trinajstić information content (AvgIpc) is 3.53. The van der Waals surface area contributed by atoms with Crippen LogP contribution in [0.2, 0.25) is 20.1 Å². The van der Waals surface area contributed by atoms with Gasteiger partial charge in [0, 0.05) is 46.0 Å². The molecule has 0 amide bonds. The van der Waals surface area contributed by atoms with Crippen molar-refractivity contribution in [2.24, 2.45) is 11.5 Å². The molecular weight excluding hydrogens is 1240 g/mol. The van der Waals surface area contributed by atoms with Gasteiger partial charge in [0.25, 0.3) is 0 Å². The molecule has 0 aliphatic heterocycles. The summed E-state index contributed by atoms with van der Waals surface area (Å²) < 4.78 is 55.2. The molecule has 0 atom stereocenters. The number of nitrogens with two attached hydrogens (primary N) is 2. The smallest absolute Gasteiger partial charge is 0.151 e. The summed E-state index contributed by atoms with van der Waals surface area (Å²) in [6.45, 7) is 0.373. The first-order valence-electron chi connectivity index (χ1n) is 24.1. The summed E-state index contributed by atoms with van der Waals surface area (Å²) in [4.78, 5) is 35.3. The number of rotatable bonds is 8. The second-order valence-electron chi connectivity index (χ2n) is 17.1. The molecule has 20 heteroatoms. The van der Waals surface area contributed by atoms with E-state index in [2.05, 4.69) is 71.7 Å². The Kier molecular flexibility index (Phi) is 19.0. The Hall–Kier alpha value is -7.12. The van der Waals surface area contributed by atoms with Gasteiger partial charge in [-0.3, -0.25) is 0 Å². The van der Waals surface area contributed by atoms with Crippen LogP contribution in [0.15, 0.2) is 170 Å². The lowest BCUT2D eigenvalue weighted by atomic mass is 10.1. The number of nitrogens with zero attached hydrogens (tertiary/aromatic N) is 8. The van der Waals surface area contributed by atoms with Crippen LogP contribution in [0.3, 0.4) is 0 Å². The second-order valence-corrected chi connectivity index (χ2v) is 19.9. The van der Waals surface area contributed by atoms with Gasteiger partial charge in [-0.25, -0.2) is 57.4 Å². The standard InChI is InChI=1S/2C15H9BrClFN2.2C15H11ClFN3/c16-8-13-14(9-4-1-2-5-10(9)17)19-12-7-3-6-11(18)15(12)20-13;16-8-13-14(9-4-1-2-5-10(9)17)20-15-11(18)6-3-7-12(15)19-13;16-10-5-2-1-4-9(10)14-13(8-18)20-15-11(17)6-3-7-12(15)19-14;16-10-5-2-1-4-9(10)14-13(8-18)19-12-7-3-6-11(17)15(12)20-14/h2*1-7H,8H2;2*1-7H,8,18H2. The van der Waals surface area contributed by atoms with Crippen LogP contribution < -0.4 is 11.5 Å². The minimum Gasteiger partial charge on any atom is -0.325 e. The summed E-state index contributed by atoms with van der Waals surface area (Å²) in [7, 11) is 0. The Bertz CT molecular complexity index is 3970. The van der Waals surface area contributed by atoms with Gasteiger partial charge in [0.05, 0.1) is 87.7 Å². The molecule has 0 aliphatic rings. The molecule has 10 nitrogen and oxygen atoms in total. The van der Waals surface area contributed by atoms with Crippen molar-refractivity contribution in [1.29, 1.82) is 0 Å². The van der Waals surface area contributed by atoms with E-state index >= 15 is 0 Å². The van der Waals surface area contributed by atoms with E-state index in [1.54, 1.807) is 72.8 Å². The molecule has 4 N–H and O–H groups in total. The zero-order chi connectivity index (χ0) is 56.5. The van der Waals surface area contributed by atoms with E-state index in [0.29, 0.717) is 98.2 Å². The third kappa shape index (κ3) is 12.7. The van der Waals surface area contributed by atoms with Crippen LogP contribution in [0.1, 0.15) is 22.8 Å². The molecule has 0 unspecified atom stereocenters. The lowest BCUT2D eigenvalue weighted by Crippen LogP contribution is -2.05. The highest BCUT2D eigenvalue weighted by Gasteiger charge is 2.19. The summed E-state index contributed by atoms with van der Waals surface area (Å²) in [6.07, 6.45) is 0. The third-order valence-electron chi connectivity index (χ3n) is 12.0. The molecule has 0 bridgehead atoms. The van der Waals surface area contributed by atoms with E-state index in [0.717, 1.165) is 22.4 Å². The van der Waals surface area contributed by atoms with E-state index in [9.17, 15) is 17.6 Å². The maximum absolute atomic E-state index is 13.9. The van der Waals surface area contributed by atoms with Crippen molar-refractivity contribution >= 4 is 122 Å². The summed E-state index contributed by atoms with van der Waals surface area (Å²) in [5.74, 6) is -1.57. The number of hydrogen-bond acceptors (Lipinski definition) is 10. The monoisotopic (exact) mass is 1270 g/mol. The SMILES string of the molecule is Fc1cccc2nc(-c3ccccc3Cl)c(CBr)nc12.Fc1cccc2nc(CBr)c(-c3ccccc3Cl)nc12.NCc1nc2c(F)cccc2nc1-c1ccccc1Cl.NCc1nc2cccc(F)c2nc1-c1ccccc1Cl. The normalized spacial score (nSPS) is 10.9. The summed E-state index contributed by atoms with van der Waals surface area (Å²) in [5, 5.41) is 3.26. The number of benzene rings is 8. The molecule has 0 spiro atoms. The number of alkyl halides is 2. The van der Waals surface area contributed by atoms with Gasteiger partial charge in [0.2, 0.25) is 0 Å². The Balaban J connectivity index is 0.000000129. The van der Waals surface area contributed by atoms with Crippen molar-refractivity contribution in [3.63, 3.8) is 0 Å². The molecule has 0 aliphatic carbocycles. The number of fused-ring (bicyclic) bond motifs is 4. The van der Waals surface area contributed by atoms with Crippen LogP contribution in [0.5, 0.6) is 0 Å². The van der Waals surface area contributed by atoms with E-state index in [1.807, 2.05) is 72.8 Å². The fourth-order valence-corrected chi connectivity index (χ4v) is 9.94. The highest BCUT2D eigenvalue weighted by atomic mass is 79.9. The molecule has 12 rings (SSSR count). The molecule has 400 valence electrons. The van der Waals surface area contributed by atoms with Crippen LogP contribution in [-0.2, 0) is 23.7 Å². The number of aromatic nitrogens is 8. The fourth-order valence-electron chi connectivity index (χ4n) is 8.26. The highest BCUT2D eigenvalue weighted by Crippen LogP contribution is 2.35. The zero-order valence-electron chi connectivity index (χ0n) is 41.5. The first-order valence-corrected chi connectivity index (χ1v) is 27.9. The Morgan fingerprint density at radius 2 is 0.550 bits per heavy atom. The molecule has 4 heterocycles. The van der Waals surface area contributed by atoms with Crippen molar-refractivity contribution in [3.8, 4) is 45.0 Å². The quantitative estimate of drug-likeness (QED) is 0.111. The van der Waals surface area contributed by atoms with Crippen molar-refractivity contribution in [3.05, 3.63) is 236 Å². The first-order chi connectivity index (χ1) is 38.8. The van der Waals surface area contributed by atoms with Gasteiger partial charge in [-0.05, 0) is 72.8 Å². The largest absolute Gasteiger partial charge is 0.325 e. The van der Waals surface area contributed by atoms with Gasteiger partial charge in [-0.1, -0.05) is 175 Å². The van der Waals surface area contributed by atoms with Crippen LogP contribution in [0.25, 0.3) is 89.2 Å². The highest BCUT2D eigenvalue weighted by molar-refractivity contribution is 9.08. The van der Waals surface area contributed by atoms with Gasteiger partial charge >= 0.3 is 0 Å². The van der Waals surface area contributed by atoms with Crippen molar-refractivity contribution in [1.82, 2.24) is 39.9 Å². The summed E-state index contributed by atoms with van der Waals surface area (Å²) in [6, 6.07) is 48.1. The van der Waals surface area contributed by atoms with Gasteiger partial charge in [0.15, 0.2) is 23.3 Å². The Morgan fingerprint density at radius 1 is 0.300 bits per heavy atom. The molecule has 0 radical (unpaired) electrons. The van der Waals surface area contributed by atoms with E-state index in [1.165, 1.54) is 24.3 Å². The maximum Gasteiger partial charge on any atom is 0.151 e. The molecule has 80 heavy (non-hydrogen) atoms. The first kappa shape index (κ1) is 57.6. The van der Waals surface area contributed by atoms with Crippen LogP contribution >= 0.6 is 78.3 Å². The minimum absolute atomic E-state index is 0.165. The summed E-state index contributed by atoms with van der Waals surface area (Å²) >= 11 is 31.5. The van der Waals surface area contributed by atoms with Crippen LogP contribution in [0, 0.1) is 23.3 Å². The van der Waals surface area contributed by atoms with Crippen LogP contribution in [-0.4, -0.2) is 39.9 Å². The van der Waals surface area contributed by atoms with Gasteiger partial charge < -0.3 is 11.5 Å². The third-order valence-corrected chi connectivity index (χ3v) is 14.4. The number of hydrogen-bond donors (Lipinski definition) is 2. The number of para-hydroxylation sites is 4. The molecular formula is C60H40Br2Cl4F4N10. The van der Waals surface area contributed by atoms with E-state index in [-0.39, 0.29) is 46.8 Å². The molecule has 8 aromatic carbocycles. The van der Waals surface area contributed by atoms with Crippen molar-refractivity contribution in [2.45, 2.75) is 23.7 Å². The predicted molar refractivity (Wildman–Crippen MR) is 321 cm³/mol. The van der Waals surface area contributed by atoms with Gasteiger partial charge in [-0.15, -0.1) is 0 Å². The van der Waals surface area contributed by atoms with Gasteiger partial charge in [0.1, 0.15) is 22.1 Å². The molecule has 0 saturated heterocycles. The van der Waals surface area contributed by atoms with E-state index in [4.69, 9.17) is 57.9 Å². The number of halogens is 10. The average molecular weight is 1280 g/mol. The van der Waals surface area contributed by atoms with E-state index < -0.39 is 11.6 Å². The lowest BCUT2D eigenvalue weighted by Gasteiger charge is -2.10.